The van der Waals surface area contributed by atoms with E-state index in [1.165, 1.54) is 12.1 Å². The molecule has 0 saturated carbocycles. The van der Waals surface area contributed by atoms with Crippen LogP contribution in [-0.2, 0) is 0 Å². The lowest BCUT2D eigenvalue weighted by molar-refractivity contribution is -0.384. The normalized spacial score (nSPS) is 11.8. The predicted molar refractivity (Wildman–Crippen MR) is 94.3 cm³/mol. The number of hydrogen-bond donors (Lipinski definition) is 0. The maximum Gasteiger partial charge on any atom is 0.269 e. The summed E-state index contributed by atoms with van der Waals surface area (Å²) in [5.74, 6) is 0.395. The van der Waals surface area contributed by atoms with Crippen LogP contribution in [0.1, 0.15) is 24.2 Å². The number of rotatable bonds is 5. The molecule has 0 unspecified atom stereocenters. The third kappa shape index (κ3) is 3.63. The number of nitro benzene ring substituents is 1. The van der Waals surface area contributed by atoms with E-state index >= 15 is 0 Å². The Kier molecular flexibility index (Phi) is 4.70. The highest BCUT2D eigenvalue weighted by Gasteiger charge is 2.16. The SMILES string of the molecule is Cc1ccccc1[C@@H](C)Oc1nccnc1-c1ccc([N+](=O)[O-])cc1. The zero-order valence-corrected chi connectivity index (χ0v) is 13.9. The fraction of sp³-hybridized carbons (Fsp3) is 0.158. The van der Waals surface area contributed by atoms with Crippen molar-refractivity contribution in [2.45, 2.75) is 20.0 Å². The van der Waals surface area contributed by atoms with Gasteiger partial charge in [-0.2, -0.15) is 0 Å². The van der Waals surface area contributed by atoms with Gasteiger partial charge in [-0.3, -0.25) is 10.1 Å². The standard InChI is InChI=1S/C19H17N3O3/c1-13-5-3-4-6-17(13)14(2)25-19-18(20-11-12-21-19)15-7-9-16(10-8-15)22(23)24/h3-12,14H,1-2H3/t14-/m1/s1. The van der Waals surface area contributed by atoms with Crippen molar-refractivity contribution in [3.8, 4) is 17.1 Å². The molecule has 0 aliphatic heterocycles. The minimum Gasteiger partial charge on any atom is -0.468 e. The molecule has 0 radical (unpaired) electrons. The van der Waals surface area contributed by atoms with E-state index in [0.717, 1.165) is 11.1 Å². The van der Waals surface area contributed by atoms with E-state index in [9.17, 15) is 10.1 Å². The van der Waals surface area contributed by atoms with E-state index in [-0.39, 0.29) is 11.8 Å². The summed E-state index contributed by atoms with van der Waals surface area (Å²) in [6, 6.07) is 14.2. The molecule has 0 saturated heterocycles. The molecule has 0 aliphatic rings. The second-order valence-electron chi connectivity index (χ2n) is 5.63. The van der Waals surface area contributed by atoms with E-state index in [4.69, 9.17) is 4.74 Å². The van der Waals surface area contributed by atoms with Crippen LogP contribution < -0.4 is 4.74 Å². The summed E-state index contributed by atoms with van der Waals surface area (Å²) < 4.78 is 6.04. The average Bonchev–Trinajstić information content (AvgIpc) is 2.62. The van der Waals surface area contributed by atoms with Gasteiger partial charge in [-0.15, -0.1) is 0 Å². The molecular weight excluding hydrogens is 318 g/mol. The van der Waals surface area contributed by atoms with Crippen LogP contribution in [0.15, 0.2) is 60.9 Å². The highest BCUT2D eigenvalue weighted by molar-refractivity contribution is 5.65. The lowest BCUT2D eigenvalue weighted by Crippen LogP contribution is -2.07. The van der Waals surface area contributed by atoms with Crippen LogP contribution in [-0.4, -0.2) is 14.9 Å². The van der Waals surface area contributed by atoms with Gasteiger partial charge in [0.1, 0.15) is 11.8 Å². The van der Waals surface area contributed by atoms with Crippen LogP contribution in [0, 0.1) is 17.0 Å². The molecule has 1 heterocycles. The molecule has 0 amide bonds. The molecule has 25 heavy (non-hydrogen) atoms. The molecule has 6 nitrogen and oxygen atoms in total. The van der Waals surface area contributed by atoms with E-state index in [2.05, 4.69) is 9.97 Å². The van der Waals surface area contributed by atoms with Crippen molar-refractivity contribution in [1.82, 2.24) is 9.97 Å². The Labute approximate surface area is 145 Å². The molecule has 3 rings (SSSR count). The van der Waals surface area contributed by atoms with Crippen molar-refractivity contribution in [2.24, 2.45) is 0 Å². The molecule has 1 atom stereocenters. The quantitative estimate of drug-likeness (QED) is 0.507. The molecular formula is C19H17N3O3. The lowest BCUT2D eigenvalue weighted by atomic mass is 10.0. The zero-order valence-electron chi connectivity index (χ0n) is 13.9. The Morgan fingerprint density at radius 2 is 1.72 bits per heavy atom. The first-order valence-corrected chi connectivity index (χ1v) is 7.84. The van der Waals surface area contributed by atoms with Crippen LogP contribution >= 0.6 is 0 Å². The average molecular weight is 335 g/mol. The van der Waals surface area contributed by atoms with Crippen LogP contribution in [0.2, 0.25) is 0 Å². The van der Waals surface area contributed by atoms with Gasteiger partial charge in [0.2, 0.25) is 5.88 Å². The van der Waals surface area contributed by atoms with Gasteiger partial charge in [0.05, 0.1) is 4.92 Å². The van der Waals surface area contributed by atoms with Gasteiger partial charge in [-0.05, 0) is 37.1 Å². The number of ether oxygens (including phenoxy) is 1. The van der Waals surface area contributed by atoms with Crippen LogP contribution in [0.4, 0.5) is 5.69 Å². The van der Waals surface area contributed by atoms with Gasteiger partial charge in [-0.25, -0.2) is 9.97 Å². The molecule has 3 aromatic rings. The van der Waals surface area contributed by atoms with Crippen molar-refractivity contribution >= 4 is 5.69 Å². The number of aryl methyl sites for hydroxylation is 1. The maximum absolute atomic E-state index is 10.8. The van der Waals surface area contributed by atoms with Crippen LogP contribution in [0.3, 0.4) is 0 Å². The second-order valence-corrected chi connectivity index (χ2v) is 5.63. The zero-order chi connectivity index (χ0) is 17.8. The number of aromatic nitrogens is 2. The van der Waals surface area contributed by atoms with Gasteiger partial charge in [0.25, 0.3) is 5.69 Å². The molecule has 0 bridgehead atoms. The van der Waals surface area contributed by atoms with Gasteiger partial charge in [0.15, 0.2) is 0 Å². The molecule has 0 aliphatic carbocycles. The third-order valence-corrected chi connectivity index (χ3v) is 3.93. The molecule has 0 fully saturated rings. The minimum atomic E-state index is -0.432. The van der Waals surface area contributed by atoms with Gasteiger partial charge >= 0.3 is 0 Å². The Hall–Kier alpha value is -3.28. The van der Waals surface area contributed by atoms with Crippen molar-refractivity contribution in [1.29, 1.82) is 0 Å². The Bertz CT molecular complexity index is 894. The fourth-order valence-corrected chi connectivity index (χ4v) is 2.62. The van der Waals surface area contributed by atoms with Gasteiger partial charge in [-0.1, -0.05) is 24.3 Å². The fourth-order valence-electron chi connectivity index (χ4n) is 2.62. The highest BCUT2D eigenvalue weighted by Crippen LogP contribution is 2.30. The summed E-state index contributed by atoms with van der Waals surface area (Å²) in [7, 11) is 0. The molecule has 0 N–H and O–H groups in total. The largest absolute Gasteiger partial charge is 0.468 e. The first-order valence-electron chi connectivity index (χ1n) is 7.84. The first-order chi connectivity index (χ1) is 12.1. The van der Waals surface area contributed by atoms with Crippen molar-refractivity contribution in [3.05, 3.63) is 82.2 Å². The van der Waals surface area contributed by atoms with E-state index in [1.807, 2.05) is 38.1 Å². The number of benzene rings is 2. The monoisotopic (exact) mass is 335 g/mol. The number of nitro groups is 1. The maximum atomic E-state index is 10.8. The highest BCUT2D eigenvalue weighted by atomic mass is 16.6. The molecule has 1 aromatic heterocycles. The van der Waals surface area contributed by atoms with Crippen molar-refractivity contribution in [2.75, 3.05) is 0 Å². The van der Waals surface area contributed by atoms with E-state index in [1.54, 1.807) is 24.5 Å². The van der Waals surface area contributed by atoms with Crippen molar-refractivity contribution in [3.63, 3.8) is 0 Å². The van der Waals surface area contributed by atoms with Gasteiger partial charge in [0, 0.05) is 30.1 Å². The lowest BCUT2D eigenvalue weighted by Gasteiger charge is -2.17. The summed E-state index contributed by atoms with van der Waals surface area (Å²) in [5.41, 5.74) is 3.51. The number of nitrogens with zero attached hydrogens (tertiary/aromatic N) is 3. The summed E-state index contributed by atoms with van der Waals surface area (Å²) in [4.78, 5) is 19.0. The minimum absolute atomic E-state index is 0.0309. The third-order valence-electron chi connectivity index (χ3n) is 3.93. The first kappa shape index (κ1) is 16.6. The Balaban J connectivity index is 1.91. The van der Waals surface area contributed by atoms with Crippen LogP contribution in [0.25, 0.3) is 11.3 Å². The molecule has 2 aromatic carbocycles. The Morgan fingerprint density at radius 3 is 2.40 bits per heavy atom. The van der Waals surface area contributed by atoms with E-state index in [0.29, 0.717) is 17.1 Å². The summed E-state index contributed by atoms with van der Waals surface area (Å²) in [6.45, 7) is 3.99. The van der Waals surface area contributed by atoms with Crippen molar-refractivity contribution < 1.29 is 9.66 Å². The molecule has 6 heteroatoms. The summed E-state index contributed by atoms with van der Waals surface area (Å²) >= 11 is 0. The smallest absolute Gasteiger partial charge is 0.269 e. The Morgan fingerprint density at radius 1 is 1.04 bits per heavy atom. The topological polar surface area (TPSA) is 78.2 Å². The number of non-ortho nitro benzene ring substituents is 1. The van der Waals surface area contributed by atoms with Gasteiger partial charge < -0.3 is 4.74 Å². The summed E-state index contributed by atoms with van der Waals surface area (Å²) in [6.07, 6.45) is 2.94. The predicted octanol–water partition coefficient (Wildman–Crippen LogP) is 4.50. The van der Waals surface area contributed by atoms with E-state index < -0.39 is 4.92 Å². The van der Waals surface area contributed by atoms with Crippen LogP contribution in [0.5, 0.6) is 5.88 Å². The number of hydrogen-bond acceptors (Lipinski definition) is 5. The summed E-state index contributed by atoms with van der Waals surface area (Å²) in [5, 5.41) is 10.8. The molecule has 126 valence electrons. The molecule has 0 spiro atoms. The second kappa shape index (κ2) is 7.09.